The third-order valence-electron chi connectivity index (χ3n) is 3.12. The highest BCUT2D eigenvalue weighted by atomic mass is 16.5. The Hall–Kier alpha value is -0.120. The van der Waals surface area contributed by atoms with E-state index in [4.69, 9.17) is 10.6 Å². The number of nitrogens with one attached hydrogen (secondary N) is 1. The summed E-state index contributed by atoms with van der Waals surface area (Å²) in [6.45, 7) is 4.05. The van der Waals surface area contributed by atoms with Crippen molar-refractivity contribution in [3.8, 4) is 0 Å². The molecule has 1 aliphatic rings. The van der Waals surface area contributed by atoms with Crippen LogP contribution in [0.1, 0.15) is 45.4 Å². The fourth-order valence-corrected chi connectivity index (χ4v) is 2.12. The molecule has 1 heterocycles. The number of hydrazine groups is 1. The van der Waals surface area contributed by atoms with E-state index in [0.29, 0.717) is 12.0 Å². The molecule has 0 bridgehead atoms. The molecule has 0 radical (unpaired) electrons. The maximum atomic E-state index is 5.56. The molecule has 1 aliphatic heterocycles. The molecule has 0 amide bonds. The number of nitrogens with two attached hydrogens (primary N) is 1. The van der Waals surface area contributed by atoms with Crippen molar-refractivity contribution in [3.05, 3.63) is 0 Å². The molecule has 0 aromatic heterocycles. The van der Waals surface area contributed by atoms with Crippen LogP contribution >= 0.6 is 0 Å². The number of hydrogen-bond donors (Lipinski definition) is 2. The molecule has 1 saturated heterocycles. The lowest BCUT2D eigenvalue weighted by Crippen LogP contribution is -2.41. The normalized spacial score (nSPS) is 24.0. The van der Waals surface area contributed by atoms with Crippen LogP contribution in [-0.2, 0) is 4.74 Å². The summed E-state index contributed by atoms with van der Waals surface area (Å²) < 4.78 is 5.37. The molecule has 3 heteroatoms. The SMILES string of the molecule is CCCCCCC(NN)C1CCOC1. The molecule has 3 N–H and O–H groups in total. The molecule has 84 valence electrons. The van der Waals surface area contributed by atoms with Gasteiger partial charge in [-0.05, 0) is 12.8 Å². The maximum Gasteiger partial charge on any atom is 0.0510 e. The summed E-state index contributed by atoms with van der Waals surface area (Å²) >= 11 is 0. The van der Waals surface area contributed by atoms with Crippen molar-refractivity contribution >= 4 is 0 Å². The van der Waals surface area contributed by atoms with Crippen molar-refractivity contribution < 1.29 is 4.74 Å². The van der Waals surface area contributed by atoms with Crippen molar-refractivity contribution in [1.82, 2.24) is 5.43 Å². The second kappa shape index (κ2) is 7.21. The van der Waals surface area contributed by atoms with E-state index in [2.05, 4.69) is 12.3 Å². The summed E-state index contributed by atoms with van der Waals surface area (Å²) in [5, 5.41) is 0. The zero-order valence-electron chi connectivity index (χ0n) is 9.30. The minimum atomic E-state index is 0.467. The smallest absolute Gasteiger partial charge is 0.0510 e. The van der Waals surface area contributed by atoms with Crippen molar-refractivity contribution in [2.75, 3.05) is 13.2 Å². The van der Waals surface area contributed by atoms with Gasteiger partial charge < -0.3 is 4.74 Å². The third-order valence-corrected chi connectivity index (χ3v) is 3.12. The van der Waals surface area contributed by atoms with Gasteiger partial charge in [0.2, 0.25) is 0 Å². The van der Waals surface area contributed by atoms with Gasteiger partial charge in [-0.2, -0.15) is 0 Å². The van der Waals surface area contributed by atoms with E-state index in [1.165, 1.54) is 38.5 Å². The van der Waals surface area contributed by atoms with E-state index < -0.39 is 0 Å². The van der Waals surface area contributed by atoms with E-state index in [1.807, 2.05) is 0 Å². The lowest BCUT2D eigenvalue weighted by atomic mass is 9.94. The van der Waals surface area contributed by atoms with Gasteiger partial charge in [0, 0.05) is 18.6 Å². The lowest BCUT2D eigenvalue weighted by Gasteiger charge is -2.21. The first-order valence-corrected chi connectivity index (χ1v) is 5.92. The predicted octanol–water partition coefficient (Wildman–Crippen LogP) is 1.83. The summed E-state index contributed by atoms with van der Waals surface area (Å²) in [4.78, 5) is 0. The molecule has 14 heavy (non-hydrogen) atoms. The lowest BCUT2D eigenvalue weighted by molar-refractivity contribution is 0.174. The van der Waals surface area contributed by atoms with Crippen LogP contribution < -0.4 is 11.3 Å². The van der Waals surface area contributed by atoms with E-state index in [0.717, 1.165) is 13.2 Å². The zero-order chi connectivity index (χ0) is 10.2. The zero-order valence-corrected chi connectivity index (χ0v) is 9.30. The van der Waals surface area contributed by atoms with E-state index in [-0.39, 0.29) is 0 Å². The molecule has 2 unspecified atom stereocenters. The highest BCUT2D eigenvalue weighted by Crippen LogP contribution is 2.20. The number of rotatable bonds is 7. The van der Waals surface area contributed by atoms with Crippen molar-refractivity contribution in [3.63, 3.8) is 0 Å². The van der Waals surface area contributed by atoms with Crippen LogP contribution in [0.5, 0.6) is 0 Å². The molecule has 0 aromatic carbocycles. The average molecular weight is 200 g/mol. The highest BCUT2D eigenvalue weighted by Gasteiger charge is 2.24. The fourth-order valence-electron chi connectivity index (χ4n) is 2.12. The Kier molecular flexibility index (Phi) is 6.15. The molecule has 0 aliphatic carbocycles. The molecule has 1 rings (SSSR count). The molecular weight excluding hydrogens is 176 g/mol. The van der Waals surface area contributed by atoms with Gasteiger partial charge in [-0.3, -0.25) is 11.3 Å². The van der Waals surface area contributed by atoms with Gasteiger partial charge in [-0.1, -0.05) is 32.6 Å². The van der Waals surface area contributed by atoms with Crippen LogP contribution in [0.3, 0.4) is 0 Å². The van der Waals surface area contributed by atoms with Gasteiger partial charge in [0.15, 0.2) is 0 Å². The van der Waals surface area contributed by atoms with Crippen molar-refractivity contribution in [2.45, 2.75) is 51.5 Å². The Morgan fingerprint density at radius 2 is 2.29 bits per heavy atom. The monoisotopic (exact) mass is 200 g/mol. The average Bonchev–Trinajstić information content (AvgIpc) is 2.71. The fraction of sp³-hybridized carbons (Fsp3) is 1.00. The van der Waals surface area contributed by atoms with Gasteiger partial charge in [0.1, 0.15) is 0 Å². The van der Waals surface area contributed by atoms with E-state index in [9.17, 15) is 0 Å². The van der Waals surface area contributed by atoms with Gasteiger partial charge in [0.25, 0.3) is 0 Å². The van der Waals surface area contributed by atoms with Gasteiger partial charge in [0.05, 0.1) is 6.61 Å². The predicted molar refractivity (Wildman–Crippen MR) is 58.8 cm³/mol. The van der Waals surface area contributed by atoms with Gasteiger partial charge in [-0.25, -0.2) is 0 Å². The van der Waals surface area contributed by atoms with Crippen LogP contribution in [0.2, 0.25) is 0 Å². The summed E-state index contributed by atoms with van der Waals surface area (Å²) in [6.07, 6.45) is 7.64. The number of hydrogen-bond acceptors (Lipinski definition) is 3. The Morgan fingerprint density at radius 1 is 1.43 bits per heavy atom. The molecule has 2 atom stereocenters. The first kappa shape index (κ1) is 12.0. The molecular formula is C11H24N2O. The molecule has 0 spiro atoms. The van der Waals surface area contributed by atoms with Gasteiger partial charge >= 0.3 is 0 Å². The second-order valence-corrected chi connectivity index (χ2v) is 4.25. The number of unbranched alkanes of at least 4 members (excludes halogenated alkanes) is 3. The first-order chi connectivity index (χ1) is 6.88. The summed E-state index contributed by atoms with van der Waals surface area (Å²) in [5.41, 5.74) is 2.94. The van der Waals surface area contributed by atoms with Crippen LogP contribution in [0.15, 0.2) is 0 Å². The van der Waals surface area contributed by atoms with Crippen LogP contribution in [0.4, 0.5) is 0 Å². The Balaban J connectivity index is 2.11. The summed E-state index contributed by atoms with van der Waals surface area (Å²) in [6, 6.07) is 0.467. The maximum absolute atomic E-state index is 5.56. The Morgan fingerprint density at radius 3 is 2.86 bits per heavy atom. The summed E-state index contributed by atoms with van der Waals surface area (Å²) in [7, 11) is 0. The topological polar surface area (TPSA) is 47.3 Å². The molecule has 3 nitrogen and oxygen atoms in total. The van der Waals surface area contributed by atoms with E-state index in [1.54, 1.807) is 0 Å². The standard InChI is InChI=1S/C11H24N2O/c1-2-3-4-5-6-11(13-12)10-7-8-14-9-10/h10-11,13H,2-9,12H2,1H3. The van der Waals surface area contributed by atoms with E-state index >= 15 is 0 Å². The highest BCUT2D eigenvalue weighted by molar-refractivity contribution is 4.77. The molecule has 1 fully saturated rings. The van der Waals surface area contributed by atoms with Crippen LogP contribution in [-0.4, -0.2) is 19.3 Å². The summed E-state index contributed by atoms with van der Waals surface area (Å²) in [5.74, 6) is 6.20. The number of ether oxygens (including phenoxy) is 1. The van der Waals surface area contributed by atoms with Crippen molar-refractivity contribution in [2.24, 2.45) is 11.8 Å². The van der Waals surface area contributed by atoms with Crippen LogP contribution in [0, 0.1) is 5.92 Å². The first-order valence-electron chi connectivity index (χ1n) is 5.92. The quantitative estimate of drug-likeness (QED) is 0.374. The largest absolute Gasteiger partial charge is 0.381 e. The van der Waals surface area contributed by atoms with Crippen LogP contribution in [0.25, 0.3) is 0 Å². The molecule has 0 saturated carbocycles. The third kappa shape index (κ3) is 3.95. The Labute approximate surface area is 87.4 Å². The van der Waals surface area contributed by atoms with Crippen molar-refractivity contribution in [1.29, 1.82) is 0 Å². The minimum Gasteiger partial charge on any atom is -0.381 e. The van der Waals surface area contributed by atoms with Gasteiger partial charge in [-0.15, -0.1) is 0 Å². The second-order valence-electron chi connectivity index (χ2n) is 4.25. The minimum absolute atomic E-state index is 0.467. The molecule has 0 aromatic rings. The Bertz CT molecular complexity index is 135.